The van der Waals surface area contributed by atoms with Crippen LogP contribution in [0.4, 0.5) is 5.69 Å². The van der Waals surface area contributed by atoms with Crippen molar-refractivity contribution < 1.29 is 19.1 Å². The monoisotopic (exact) mass is 456 g/mol. The van der Waals surface area contributed by atoms with Crippen LogP contribution >= 0.6 is 0 Å². The molecule has 0 aliphatic rings. The third kappa shape index (κ3) is 6.01. The van der Waals surface area contributed by atoms with E-state index in [0.717, 1.165) is 5.56 Å². The number of carbonyl (C=O) groups excluding carboxylic acids is 2. The van der Waals surface area contributed by atoms with E-state index in [9.17, 15) is 9.59 Å². The minimum Gasteiger partial charge on any atom is -0.492 e. The first kappa shape index (κ1) is 22.6. The van der Waals surface area contributed by atoms with Gasteiger partial charge in [0.2, 0.25) is 0 Å². The maximum absolute atomic E-state index is 12.8. The molecular weight excluding hydrogens is 432 g/mol. The third-order valence-electron chi connectivity index (χ3n) is 4.98. The van der Waals surface area contributed by atoms with E-state index in [1.807, 2.05) is 30.5 Å². The molecule has 0 atom stereocenters. The Morgan fingerprint density at radius 2 is 1.79 bits per heavy atom. The molecule has 0 fully saturated rings. The van der Waals surface area contributed by atoms with Crippen LogP contribution in [0.25, 0.3) is 0 Å². The Kier molecular flexibility index (Phi) is 7.19. The lowest BCUT2D eigenvalue weighted by molar-refractivity contribution is 0.0994. The van der Waals surface area contributed by atoms with Crippen LogP contribution in [0, 0.1) is 0 Å². The van der Waals surface area contributed by atoms with Crippen molar-refractivity contribution in [3.63, 3.8) is 0 Å². The number of aromatic nitrogens is 2. The summed E-state index contributed by atoms with van der Waals surface area (Å²) in [6.45, 7) is 1.27. The molecule has 34 heavy (non-hydrogen) atoms. The number of para-hydroxylation sites is 1. The molecule has 172 valence electrons. The molecule has 3 N–H and O–H groups in total. The van der Waals surface area contributed by atoms with Crippen molar-refractivity contribution in [1.82, 2.24) is 9.78 Å². The van der Waals surface area contributed by atoms with Crippen molar-refractivity contribution in [3.05, 3.63) is 108 Å². The summed E-state index contributed by atoms with van der Waals surface area (Å²) in [6, 6.07) is 22.9. The van der Waals surface area contributed by atoms with Crippen molar-refractivity contribution in [3.8, 4) is 11.5 Å². The fourth-order valence-electron chi connectivity index (χ4n) is 3.32. The van der Waals surface area contributed by atoms with Gasteiger partial charge in [-0.1, -0.05) is 30.3 Å². The van der Waals surface area contributed by atoms with Gasteiger partial charge in [-0.15, -0.1) is 0 Å². The predicted octanol–water partition coefficient (Wildman–Crippen LogP) is 3.89. The number of benzene rings is 3. The number of carbonyl (C=O) groups is 2. The molecule has 0 spiro atoms. The zero-order chi connectivity index (χ0) is 23.8. The lowest BCUT2D eigenvalue weighted by Gasteiger charge is -2.11. The highest BCUT2D eigenvalue weighted by atomic mass is 16.5. The molecule has 0 bridgehead atoms. The number of nitrogens with zero attached hydrogens (tertiary/aromatic N) is 2. The number of primary amides is 1. The Hall–Kier alpha value is -4.59. The number of anilines is 1. The molecule has 1 heterocycles. The molecule has 1 aromatic heterocycles. The fraction of sp³-hybridized carbons (Fsp3) is 0.115. The Balaban J connectivity index is 1.35. The molecule has 3 aromatic carbocycles. The van der Waals surface area contributed by atoms with Crippen LogP contribution in [0.15, 0.2) is 91.3 Å². The summed E-state index contributed by atoms with van der Waals surface area (Å²) in [4.78, 5) is 24.4. The Bertz CT molecular complexity index is 1270. The Morgan fingerprint density at radius 3 is 2.62 bits per heavy atom. The molecule has 0 radical (unpaired) electrons. The molecule has 0 aliphatic heterocycles. The van der Waals surface area contributed by atoms with Crippen molar-refractivity contribution in [1.29, 1.82) is 0 Å². The SMILES string of the molecule is NC(=O)c1ccccc1OCc1cccc(C(=O)Nc2cccc(OCCn3cccn3)c2)c1. The van der Waals surface area contributed by atoms with Gasteiger partial charge in [0.1, 0.15) is 24.7 Å². The zero-order valence-corrected chi connectivity index (χ0v) is 18.4. The van der Waals surface area contributed by atoms with Gasteiger partial charge in [-0.05, 0) is 48.0 Å². The highest BCUT2D eigenvalue weighted by molar-refractivity contribution is 6.04. The number of nitrogens with one attached hydrogen (secondary N) is 1. The van der Waals surface area contributed by atoms with Gasteiger partial charge in [0.05, 0.1) is 12.1 Å². The maximum atomic E-state index is 12.8. The number of nitrogens with two attached hydrogens (primary N) is 1. The number of amides is 2. The summed E-state index contributed by atoms with van der Waals surface area (Å²) >= 11 is 0. The van der Waals surface area contributed by atoms with E-state index in [0.29, 0.717) is 41.5 Å². The van der Waals surface area contributed by atoms with Crippen molar-refractivity contribution >= 4 is 17.5 Å². The van der Waals surface area contributed by atoms with E-state index in [4.69, 9.17) is 15.2 Å². The average Bonchev–Trinajstić information content (AvgIpc) is 3.37. The molecule has 4 aromatic rings. The largest absolute Gasteiger partial charge is 0.492 e. The molecule has 2 amide bonds. The summed E-state index contributed by atoms with van der Waals surface area (Å²) in [5.74, 6) is 0.235. The number of ether oxygens (including phenoxy) is 2. The van der Waals surface area contributed by atoms with Gasteiger partial charge in [-0.3, -0.25) is 14.3 Å². The highest BCUT2D eigenvalue weighted by Gasteiger charge is 2.11. The summed E-state index contributed by atoms with van der Waals surface area (Å²) in [5, 5.41) is 7.03. The average molecular weight is 457 g/mol. The van der Waals surface area contributed by atoms with Gasteiger partial charge in [0.25, 0.3) is 11.8 Å². The fourth-order valence-corrected chi connectivity index (χ4v) is 3.32. The second kappa shape index (κ2) is 10.8. The normalized spacial score (nSPS) is 10.5. The molecule has 4 rings (SSSR count). The van der Waals surface area contributed by atoms with Gasteiger partial charge >= 0.3 is 0 Å². The topological polar surface area (TPSA) is 108 Å². The van der Waals surface area contributed by atoms with E-state index in [2.05, 4.69) is 10.4 Å². The van der Waals surface area contributed by atoms with Crippen molar-refractivity contribution in [2.24, 2.45) is 5.73 Å². The summed E-state index contributed by atoms with van der Waals surface area (Å²) < 4.78 is 13.3. The lowest BCUT2D eigenvalue weighted by Crippen LogP contribution is -2.14. The number of hydrogen-bond donors (Lipinski definition) is 2. The van der Waals surface area contributed by atoms with Crippen LogP contribution in [-0.2, 0) is 13.2 Å². The first-order chi connectivity index (χ1) is 16.6. The Labute approximate surface area is 196 Å². The quantitative estimate of drug-likeness (QED) is 0.376. The number of rotatable bonds is 10. The van der Waals surface area contributed by atoms with E-state index >= 15 is 0 Å². The third-order valence-corrected chi connectivity index (χ3v) is 4.98. The van der Waals surface area contributed by atoms with Crippen molar-refractivity contribution in [2.75, 3.05) is 11.9 Å². The van der Waals surface area contributed by atoms with Crippen LogP contribution in [0.1, 0.15) is 26.3 Å². The number of hydrogen-bond acceptors (Lipinski definition) is 5. The van der Waals surface area contributed by atoms with Crippen molar-refractivity contribution in [2.45, 2.75) is 13.2 Å². The van der Waals surface area contributed by atoms with E-state index in [1.165, 1.54) is 0 Å². The van der Waals surface area contributed by atoms with Gasteiger partial charge in [0.15, 0.2) is 0 Å². The highest BCUT2D eigenvalue weighted by Crippen LogP contribution is 2.20. The lowest BCUT2D eigenvalue weighted by atomic mass is 10.1. The summed E-state index contributed by atoms with van der Waals surface area (Å²) in [6.07, 6.45) is 3.59. The van der Waals surface area contributed by atoms with Gasteiger partial charge < -0.3 is 20.5 Å². The molecule has 8 heteroatoms. The second-order valence-corrected chi connectivity index (χ2v) is 7.45. The first-order valence-corrected chi connectivity index (χ1v) is 10.7. The summed E-state index contributed by atoms with van der Waals surface area (Å²) in [7, 11) is 0. The van der Waals surface area contributed by atoms with Gasteiger partial charge in [0, 0.05) is 29.7 Å². The predicted molar refractivity (Wildman–Crippen MR) is 128 cm³/mol. The van der Waals surface area contributed by atoms with Crippen LogP contribution in [0.2, 0.25) is 0 Å². The molecule has 8 nitrogen and oxygen atoms in total. The Morgan fingerprint density at radius 1 is 0.941 bits per heavy atom. The van der Waals surface area contributed by atoms with Gasteiger partial charge in [-0.25, -0.2) is 0 Å². The molecule has 0 saturated heterocycles. The molecule has 0 aliphatic carbocycles. The minimum absolute atomic E-state index is 0.186. The van der Waals surface area contributed by atoms with Crippen LogP contribution in [0.3, 0.4) is 0 Å². The maximum Gasteiger partial charge on any atom is 0.255 e. The van der Waals surface area contributed by atoms with Crippen LogP contribution in [0.5, 0.6) is 11.5 Å². The standard InChI is InChI=1S/C26H24N4O4/c27-25(31)23-10-1-2-11-24(23)34-18-19-6-3-7-20(16-19)26(32)29-21-8-4-9-22(17-21)33-15-14-30-13-5-12-28-30/h1-13,16-17H,14-15,18H2,(H2,27,31)(H,29,32). The molecule has 0 unspecified atom stereocenters. The van der Waals surface area contributed by atoms with E-state index in [1.54, 1.807) is 65.5 Å². The minimum atomic E-state index is -0.559. The van der Waals surface area contributed by atoms with E-state index in [-0.39, 0.29) is 12.5 Å². The van der Waals surface area contributed by atoms with Gasteiger partial charge in [-0.2, -0.15) is 5.10 Å². The summed E-state index contributed by atoms with van der Waals surface area (Å²) in [5.41, 5.74) is 7.59. The molecular formula is C26H24N4O4. The second-order valence-electron chi connectivity index (χ2n) is 7.45. The van der Waals surface area contributed by atoms with Crippen LogP contribution in [-0.4, -0.2) is 28.2 Å². The zero-order valence-electron chi connectivity index (χ0n) is 18.4. The van der Waals surface area contributed by atoms with Crippen LogP contribution < -0.4 is 20.5 Å². The van der Waals surface area contributed by atoms with E-state index < -0.39 is 5.91 Å². The molecule has 0 saturated carbocycles. The smallest absolute Gasteiger partial charge is 0.255 e. The first-order valence-electron chi connectivity index (χ1n) is 10.7.